The van der Waals surface area contributed by atoms with Crippen molar-refractivity contribution in [2.45, 2.75) is 61.5 Å². The third kappa shape index (κ3) is 6.05. The second kappa shape index (κ2) is 11.1. The van der Waals surface area contributed by atoms with Crippen molar-refractivity contribution in [1.29, 1.82) is 0 Å². The molecule has 1 saturated heterocycles. The second-order valence-electron chi connectivity index (χ2n) is 8.99. The largest absolute Gasteiger partial charge is 0.497 e. The third-order valence-corrected chi connectivity index (χ3v) is 9.14. The molecule has 188 valence electrons. The van der Waals surface area contributed by atoms with Gasteiger partial charge in [0.25, 0.3) is 5.91 Å². The molecule has 0 radical (unpaired) electrons. The van der Waals surface area contributed by atoms with E-state index in [0.717, 1.165) is 30.2 Å². The molecule has 2 aromatic rings. The van der Waals surface area contributed by atoms with Crippen LogP contribution in [0.25, 0.3) is 0 Å². The molecule has 10 heteroatoms. The lowest BCUT2D eigenvalue weighted by Crippen LogP contribution is -2.50. The summed E-state index contributed by atoms with van der Waals surface area (Å²) in [5.74, 6) is 0.331. The smallest absolute Gasteiger partial charge is 0.251 e. The van der Waals surface area contributed by atoms with E-state index >= 15 is 0 Å². The van der Waals surface area contributed by atoms with Crippen molar-refractivity contribution >= 4 is 37.8 Å². The molecule has 4 rings (SSSR count). The SMILES string of the molecule is COc1ccc(C(=O)NC2CCC(NC(=O)[C@H]3CCCN3S(=O)(=O)c3ccc(Br)cc3)CC2)cc1. The van der Waals surface area contributed by atoms with Crippen LogP contribution in [0, 0.1) is 0 Å². The zero-order valence-corrected chi connectivity index (χ0v) is 22.0. The summed E-state index contributed by atoms with van der Waals surface area (Å²) in [4.78, 5) is 25.8. The van der Waals surface area contributed by atoms with E-state index in [1.165, 1.54) is 4.31 Å². The fourth-order valence-corrected chi connectivity index (χ4v) is 6.64. The number of carbonyl (C=O) groups is 2. The number of methoxy groups -OCH3 is 1. The van der Waals surface area contributed by atoms with E-state index < -0.39 is 16.1 Å². The molecule has 2 amide bonds. The average Bonchev–Trinajstić information content (AvgIpc) is 3.37. The quantitative estimate of drug-likeness (QED) is 0.536. The summed E-state index contributed by atoms with van der Waals surface area (Å²) < 4.78 is 33.5. The van der Waals surface area contributed by atoms with Crippen LogP contribution < -0.4 is 15.4 Å². The van der Waals surface area contributed by atoms with Gasteiger partial charge in [0.15, 0.2) is 0 Å². The lowest BCUT2D eigenvalue weighted by molar-refractivity contribution is -0.125. The average molecular weight is 565 g/mol. The summed E-state index contributed by atoms with van der Waals surface area (Å²) in [7, 11) is -2.17. The Morgan fingerprint density at radius 3 is 2.11 bits per heavy atom. The fourth-order valence-electron chi connectivity index (χ4n) is 4.72. The maximum atomic E-state index is 13.1. The Balaban J connectivity index is 1.29. The molecule has 1 aliphatic heterocycles. The van der Waals surface area contributed by atoms with Crippen LogP contribution in [0.4, 0.5) is 0 Å². The maximum absolute atomic E-state index is 13.1. The molecule has 0 spiro atoms. The van der Waals surface area contributed by atoms with E-state index in [0.29, 0.717) is 30.7 Å². The van der Waals surface area contributed by atoms with E-state index in [-0.39, 0.29) is 28.8 Å². The van der Waals surface area contributed by atoms with Crippen molar-refractivity contribution in [2.24, 2.45) is 0 Å². The number of amides is 2. The minimum absolute atomic E-state index is 0.0329. The van der Waals surface area contributed by atoms with E-state index in [1.54, 1.807) is 55.6 Å². The van der Waals surface area contributed by atoms with Gasteiger partial charge in [-0.05, 0) is 87.1 Å². The van der Waals surface area contributed by atoms with Crippen LogP contribution in [-0.2, 0) is 14.8 Å². The highest BCUT2D eigenvalue weighted by Gasteiger charge is 2.40. The van der Waals surface area contributed by atoms with Crippen LogP contribution in [0.2, 0.25) is 0 Å². The molecule has 2 aliphatic rings. The van der Waals surface area contributed by atoms with Crippen molar-refractivity contribution in [3.63, 3.8) is 0 Å². The van der Waals surface area contributed by atoms with E-state index in [1.807, 2.05) is 0 Å². The summed E-state index contributed by atoms with van der Waals surface area (Å²) in [6.07, 6.45) is 4.11. The van der Waals surface area contributed by atoms with E-state index in [2.05, 4.69) is 26.6 Å². The molecule has 1 aliphatic carbocycles. The molecule has 1 saturated carbocycles. The molecule has 2 aromatic carbocycles. The van der Waals surface area contributed by atoms with Gasteiger partial charge in [-0.15, -0.1) is 0 Å². The van der Waals surface area contributed by atoms with Crippen molar-refractivity contribution in [1.82, 2.24) is 14.9 Å². The lowest BCUT2D eigenvalue weighted by atomic mass is 9.90. The maximum Gasteiger partial charge on any atom is 0.251 e. The first-order chi connectivity index (χ1) is 16.8. The molecule has 35 heavy (non-hydrogen) atoms. The number of ether oxygens (including phenoxy) is 1. The predicted molar refractivity (Wildman–Crippen MR) is 136 cm³/mol. The van der Waals surface area contributed by atoms with Gasteiger partial charge in [-0.25, -0.2) is 8.42 Å². The molecule has 0 aromatic heterocycles. The Hall–Kier alpha value is -2.43. The van der Waals surface area contributed by atoms with Crippen LogP contribution in [0.15, 0.2) is 57.9 Å². The van der Waals surface area contributed by atoms with Gasteiger partial charge in [0.1, 0.15) is 11.8 Å². The van der Waals surface area contributed by atoms with Crippen LogP contribution in [0.5, 0.6) is 5.75 Å². The first-order valence-electron chi connectivity index (χ1n) is 11.8. The Labute approximate surface area is 214 Å². The topological polar surface area (TPSA) is 105 Å². The third-order valence-electron chi connectivity index (χ3n) is 6.69. The summed E-state index contributed by atoms with van der Waals surface area (Å²) >= 11 is 3.32. The number of rotatable bonds is 7. The van der Waals surface area contributed by atoms with Crippen molar-refractivity contribution in [2.75, 3.05) is 13.7 Å². The molecule has 0 bridgehead atoms. The molecule has 1 heterocycles. The van der Waals surface area contributed by atoms with Gasteiger partial charge in [0.05, 0.1) is 12.0 Å². The van der Waals surface area contributed by atoms with Crippen LogP contribution in [-0.4, -0.2) is 56.3 Å². The highest BCUT2D eigenvalue weighted by molar-refractivity contribution is 9.10. The Kier molecular flexibility index (Phi) is 8.13. The molecular weight excluding hydrogens is 534 g/mol. The first-order valence-corrected chi connectivity index (χ1v) is 14.0. The zero-order chi connectivity index (χ0) is 25.0. The van der Waals surface area contributed by atoms with Gasteiger partial charge in [0.2, 0.25) is 15.9 Å². The van der Waals surface area contributed by atoms with Crippen molar-refractivity contribution in [3.05, 3.63) is 58.6 Å². The Morgan fingerprint density at radius 2 is 1.51 bits per heavy atom. The van der Waals surface area contributed by atoms with Gasteiger partial charge in [-0.1, -0.05) is 15.9 Å². The van der Waals surface area contributed by atoms with Crippen LogP contribution >= 0.6 is 15.9 Å². The Morgan fingerprint density at radius 1 is 0.914 bits per heavy atom. The predicted octanol–water partition coefficient (Wildman–Crippen LogP) is 3.47. The van der Waals surface area contributed by atoms with Gasteiger partial charge in [-0.2, -0.15) is 4.31 Å². The fraction of sp³-hybridized carbons (Fsp3) is 0.440. The van der Waals surface area contributed by atoms with Gasteiger partial charge < -0.3 is 15.4 Å². The number of benzene rings is 2. The van der Waals surface area contributed by atoms with E-state index in [9.17, 15) is 18.0 Å². The summed E-state index contributed by atoms with van der Waals surface area (Å²) in [6.45, 7) is 0.334. The Bertz CT molecular complexity index is 1150. The summed E-state index contributed by atoms with van der Waals surface area (Å²) in [5.41, 5.74) is 0.578. The molecule has 1 atom stereocenters. The van der Waals surface area contributed by atoms with Crippen molar-refractivity contribution < 1.29 is 22.7 Å². The monoisotopic (exact) mass is 563 g/mol. The highest BCUT2D eigenvalue weighted by atomic mass is 79.9. The number of carbonyl (C=O) groups excluding carboxylic acids is 2. The van der Waals surface area contributed by atoms with Crippen molar-refractivity contribution in [3.8, 4) is 5.75 Å². The highest BCUT2D eigenvalue weighted by Crippen LogP contribution is 2.28. The first kappa shape index (κ1) is 25.7. The lowest BCUT2D eigenvalue weighted by Gasteiger charge is -2.31. The number of nitrogens with one attached hydrogen (secondary N) is 2. The number of nitrogens with zero attached hydrogens (tertiary/aromatic N) is 1. The standard InChI is InChI=1S/C25H30BrN3O5S/c1-34-21-12-4-17(5-13-21)24(30)27-19-8-10-20(11-9-19)28-25(31)23-3-2-16-29(23)35(32,33)22-14-6-18(26)7-15-22/h4-7,12-15,19-20,23H,2-3,8-11,16H2,1H3,(H,27,30)(H,28,31)/t19?,20?,23-/m1/s1. The molecule has 8 nitrogen and oxygen atoms in total. The van der Waals surface area contributed by atoms with Gasteiger partial charge >= 0.3 is 0 Å². The van der Waals surface area contributed by atoms with Gasteiger partial charge in [0, 0.05) is 28.7 Å². The van der Waals surface area contributed by atoms with Crippen LogP contribution in [0.3, 0.4) is 0 Å². The summed E-state index contributed by atoms with van der Waals surface area (Å²) in [5, 5.41) is 6.13. The number of hydrogen-bond donors (Lipinski definition) is 2. The normalized spacial score (nSPS) is 23.0. The minimum Gasteiger partial charge on any atom is -0.497 e. The molecule has 2 fully saturated rings. The second-order valence-corrected chi connectivity index (χ2v) is 11.8. The molecular formula is C25H30BrN3O5S. The summed E-state index contributed by atoms with van der Waals surface area (Å²) in [6, 6.07) is 12.8. The number of sulfonamides is 1. The molecule has 0 unspecified atom stereocenters. The number of halogens is 1. The van der Waals surface area contributed by atoms with Gasteiger partial charge in [-0.3, -0.25) is 9.59 Å². The van der Waals surface area contributed by atoms with Crippen LogP contribution in [0.1, 0.15) is 48.9 Å². The number of hydrogen-bond acceptors (Lipinski definition) is 5. The molecule has 2 N–H and O–H groups in total. The minimum atomic E-state index is -3.75. The van der Waals surface area contributed by atoms with E-state index in [4.69, 9.17) is 4.74 Å². The zero-order valence-electron chi connectivity index (χ0n) is 19.6.